The molecule has 86 valence electrons. The summed E-state index contributed by atoms with van der Waals surface area (Å²) in [7, 11) is 0. The summed E-state index contributed by atoms with van der Waals surface area (Å²) < 4.78 is 0. The van der Waals surface area contributed by atoms with Crippen LogP contribution in [0.5, 0.6) is 0 Å². The third-order valence-corrected chi connectivity index (χ3v) is 2.25. The maximum absolute atomic E-state index is 11.2. The molecule has 2 N–H and O–H groups in total. The molecule has 0 saturated heterocycles. The van der Waals surface area contributed by atoms with Gasteiger partial charge in [-0.15, -0.1) is 0 Å². The first-order valence-electron chi connectivity index (χ1n) is 5.25. The number of rotatable bonds is 5. The van der Waals surface area contributed by atoms with Crippen LogP contribution >= 0.6 is 0 Å². The molecular formula is C12H16N2O2. The summed E-state index contributed by atoms with van der Waals surface area (Å²) in [5.41, 5.74) is 1.34. The van der Waals surface area contributed by atoms with Crippen molar-refractivity contribution in [2.45, 2.75) is 19.8 Å². The number of benzene rings is 1. The number of nitrogens with zero attached hydrogens (tertiary/aromatic N) is 1. The molecular weight excluding hydrogens is 204 g/mol. The Hall–Kier alpha value is -1.84. The molecule has 0 aliphatic heterocycles. The molecule has 0 fully saturated rings. The summed E-state index contributed by atoms with van der Waals surface area (Å²) in [6, 6.07) is 10.1. The van der Waals surface area contributed by atoms with Gasteiger partial charge in [0.15, 0.2) is 0 Å². The van der Waals surface area contributed by atoms with Crippen LogP contribution in [0.2, 0.25) is 0 Å². The molecule has 0 aliphatic rings. The number of aryl methyl sites for hydroxylation is 1. The summed E-state index contributed by atoms with van der Waals surface area (Å²) in [5.74, 6) is -0.324. The van der Waals surface area contributed by atoms with E-state index in [-0.39, 0.29) is 11.6 Å². The van der Waals surface area contributed by atoms with Crippen molar-refractivity contribution in [3.8, 4) is 0 Å². The van der Waals surface area contributed by atoms with Crippen LogP contribution in [0.4, 0.5) is 0 Å². The van der Waals surface area contributed by atoms with E-state index < -0.39 is 0 Å². The monoisotopic (exact) mass is 220 g/mol. The lowest BCUT2D eigenvalue weighted by atomic mass is 10.1. The number of carbonyl (C=O) groups is 1. The lowest BCUT2D eigenvalue weighted by Crippen LogP contribution is -2.30. The van der Waals surface area contributed by atoms with Crippen LogP contribution in [0, 0.1) is 0 Å². The zero-order chi connectivity index (χ0) is 11.8. The van der Waals surface area contributed by atoms with Crippen molar-refractivity contribution in [3.05, 3.63) is 35.9 Å². The largest absolute Gasteiger partial charge is 0.410 e. The Labute approximate surface area is 95.0 Å². The maximum Gasteiger partial charge on any atom is 0.268 e. The van der Waals surface area contributed by atoms with Crippen LogP contribution in [-0.4, -0.2) is 23.4 Å². The molecule has 1 amide bonds. The Kier molecular flexibility index (Phi) is 5.05. The highest BCUT2D eigenvalue weighted by atomic mass is 16.4. The van der Waals surface area contributed by atoms with Crippen molar-refractivity contribution in [1.82, 2.24) is 5.32 Å². The summed E-state index contributed by atoms with van der Waals surface area (Å²) in [4.78, 5) is 11.2. The standard InChI is InChI=1S/C12H16N2O2/c1-10(14-16)12(15)13-9-5-8-11-6-3-2-4-7-11/h2-4,6-7,16H,5,8-9H2,1H3,(H,13,15)/b14-10-. The van der Waals surface area contributed by atoms with Crippen molar-refractivity contribution < 1.29 is 10.0 Å². The Morgan fingerprint density at radius 3 is 2.69 bits per heavy atom. The van der Waals surface area contributed by atoms with Gasteiger partial charge in [0.2, 0.25) is 0 Å². The van der Waals surface area contributed by atoms with Gasteiger partial charge in [-0.1, -0.05) is 35.5 Å². The molecule has 1 aromatic carbocycles. The van der Waals surface area contributed by atoms with Crippen molar-refractivity contribution in [2.24, 2.45) is 5.16 Å². The summed E-state index contributed by atoms with van der Waals surface area (Å²) in [6.07, 6.45) is 1.80. The Morgan fingerprint density at radius 1 is 1.38 bits per heavy atom. The first-order valence-corrected chi connectivity index (χ1v) is 5.25. The lowest BCUT2D eigenvalue weighted by Gasteiger charge is -2.03. The first-order chi connectivity index (χ1) is 7.74. The van der Waals surface area contributed by atoms with Crippen LogP contribution in [0.3, 0.4) is 0 Å². The van der Waals surface area contributed by atoms with Gasteiger partial charge in [0.1, 0.15) is 5.71 Å². The predicted octanol–water partition coefficient (Wildman–Crippen LogP) is 1.59. The number of nitrogens with one attached hydrogen (secondary N) is 1. The quantitative estimate of drug-likeness (QED) is 0.342. The summed E-state index contributed by atoms with van der Waals surface area (Å²) in [5, 5.41) is 13.9. The molecule has 0 aliphatic carbocycles. The van der Waals surface area contributed by atoms with E-state index in [1.807, 2.05) is 18.2 Å². The average molecular weight is 220 g/mol. The zero-order valence-electron chi connectivity index (χ0n) is 9.31. The van der Waals surface area contributed by atoms with Gasteiger partial charge < -0.3 is 10.5 Å². The SMILES string of the molecule is C/C(=N/O)C(=O)NCCCc1ccccc1. The Balaban J connectivity index is 2.20. The maximum atomic E-state index is 11.2. The fourth-order valence-electron chi connectivity index (χ4n) is 1.31. The number of hydrogen-bond acceptors (Lipinski definition) is 3. The van der Waals surface area contributed by atoms with Gasteiger partial charge in [-0.05, 0) is 25.3 Å². The van der Waals surface area contributed by atoms with Crippen molar-refractivity contribution in [1.29, 1.82) is 0 Å². The third kappa shape index (κ3) is 4.13. The molecule has 0 radical (unpaired) electrons. The van der Waals surface area contributed by atoms with Gasteiger partial charge in [0.05, 0.1) is 0 Å². The second-order valence-electron chi connectivity index (χ2n) is 3.53. The van der Waals surface area contributed by atoms with Gasteiger partial charge in [-0.2, -0.15) is 0 Å². The van der Waals surface area contributed by atoms with Crippen LogP contribution in [0.25, 0.3) is 0 Å². The number of carbonyl (C=O) groups excluding carboxylic acids is 1. The second kappa shape index (κ2) is 6.61. The third-order valence-electron chi connectivity index (χ3n) is 2.25. The normalized spacial score (nSPS) is 11.2. The highest BCUT2D eigenvalue weighted by Gasteiger charge is 2.04. The molecule has 4 nitrogen and oxygen atoms in total. The minimum atomic E-state index is -0.324. The Morgan fingerprint density at radius 2 is 2.06 bits per heavy atom. The van der Waals surface area contributed by atoms with Crippen LogP contribution in [0.1, 0.15) is 18.9 Å². The highest BCUT2D eigenvalue weighted by Crippen LogP contribution is 2.01. The van der Waals surface area contributed by atoms with E-state index in [0.717, 1.165) is 12.8 Å². The fraction of sp³-hybridized carbons (Fsp3) is 0.333. The number of oxime groups is 1. The molecule has 1 rings (SSSR count). The summed E-state index contributed by atoms with van der Waals surface area (Å²) in [6.45, 7) is 2.05. The molecule has 0 spiro atoms. The van der Waals surface area contributed by atoms with Crippen LogP contribution in [0.15, 0.2) is 35.5 Å². The average Bonchev–Trinajstić information content (AvgIpc) is 2.34. The first kappa shape index (κ1) is 12.2. The van der Waals surface area contributed by atoms with Gasteiger partial charge in [-0.3, -0.25) is 4.79 Å². The highest BCUT2D eigenvalue weighted by molar-refractivity contribution is 6.37. The number of amides is 1. The molecule has 0 aromatic heterocycles. The van der Waals surface area contributed by atoms with Crippen molar-refractivity contribution in [3.63, 3.8) is 0 Å². The van der Waals surface area contributed by atoms with Crippen LogP contribution < -0.4 is 5.32 Å². The van der Waals surface area contributed by atoms with Gasteiger partial charge in [-0.25, -0.2) is 0 Å². The predicted molar refractivity (Wildman–Crippen MR) is 62.7 cm³/mol. The van der Waals surface area contributed by atoms with E-state index in [1.165, 1.54) is 12.5 Å². The van der Waals surface area contributed by atoms with Crippen molar-refractivity contribution in [2.75, 3.05) is 6.54 Å². The molecule has 0 heterocycles. The topological polar surface area (TPSA) is 61.7 Å². The molecule has 0 unspecified atom stereocenters. The van der Waals surface area contributed by atoms with E-state index >= 15 is 0 Å². The smallest absolute Gasteiger partial charge is 0.268 e. The van der Waals surface area contributed by atoms with Crippen molar-refractivity contribution >= 4 is 11.6 Å². The molecule has 0 bridgehead atoms. The molecule has 16 heavy (non-hydrogen) atoms. The van der Waals surface area contributed by atoms with E-state index in [9.17, 15) is 4.79 Å². The zero-order valence-corrected chi connectivity index (χ0v) is 9.31. The second-order valence-corrected chi connectivity index (χ2v) is 3.53. The fourth-order valence-corrected chi connectivity index (χ4v) is 1.31. The minimum Gasteiger partial charge on any atom is -0.410 e. The lowest BCUT2D eigenvalue weighted by molar-refractivity contribution is -0.114. The summed E-state index contributed by atoms with van der Waals surface area (Å²) >= 11 is 0. The molecule has 0 atom stereocenters. The van der Waals surface area contributed by atoms with Gasteiger partial charge >= 0.3 is 0 Å². The Bertz CT molecular complexity index is 361. The van der Waals surface area contributed by atoms with E-state index in [2.05, 4.69) is 22.6 Å². The molecule has 4 heteroatoms. The number of hydrogen-bond donors (Lipinski definition) is 2. The van der Waals surface area contributed by atoms with Crippen LogP contribution in [-0.2, 0) is 11.2 Å². The molecule has 1 aromatic rings. The minimum absolute atomic E-state index is 0.0831. The van der Waals surface area contributed by atoms with Gasteiger partial charge in [0.25, 0.3) is 5.91 Å². The van der Waals surface area contributed by atoms with E-state index in [0.29, 0.717) is 6.54 Å². The van der Waals surface area contributed by atoms with E-state index in [4.69, 9.17) is 5.21 Å². The molecule has 0 saturated carbocycles. The van der Waals surface area contributed by atoms with E-state index in [1.54, 1.807) is 0 Å². The van der Waals surface area contributed by atoms with Gasteiger partial charge in [0, 0.05) is 6.54 Å².